The van der Waals surface area contributed by atoms with Crippen molar-refractivity contribution >= 4 is 5.69 Å². The Kier molecular flexibility index (Phi) is 3.80. The van der Waals surface area contributed by atoms with E-state index in [9.17, 15) is 0 Å². The number of nitriles is 1. The maximum Gasteiger partial charge on any atom is 0.0669 e. The fourth-order valence-electron chi connectivity index (χ4n) is 1.10. The minimum atomic E-state index is 0.456. The Balaban J connectivity index is 2.63. The summed E-state index contributed by atoms with van der Waals surface area (Å²) in [6.07, 6.45) is 0.456. The molecular formula is C10H13N3. The molecule has 0 fully saturated rings. The Bertz CT molecular complexity index is 301. The van der Waals surface area contributed by atoms with Gasteiger partial charge in [0.05, 0.1) is 12.5 Å². The zero-order valence-corrected chi connectivity index (χ0v) is 7.46. The van der Waals surface area contributed by atoms with Crippen molar-refractivity contribution in [2.24, 2.45) is 5.73 Å². The molecule has 3 N–H and O–H groups in total. The molecule has 1 aromatic rings. The van der Waals surface area contributed by atoms with Crippen molar-refractivity contribution in [3.63, 3.8) is 0 Å². The number of anilines is 1. The molecule has 13 heavy (non-hydrogen) atoms. The molecule has 0 aliphatic heterocycles. The highest BCUT2D eigenvalue weighted by molar-refractivity contribution is 5.46. The number of nitrogens with zero attached hydrogens (tertiary/aromatic N) is 1. The zero-order chi connectivity index (χ0) is 9.52. The largest absolute Gasteiger partial charge is 0.384 e. The van der Waals surface area contributed by atoms with E-state index in [0.29, 0.717) is 13.0 Å². The van der Waals surface area contributed by atoms with Crippen LogP contribution < -0.4 is 11.1 Å². The topological polar surface area (TPSA) is 61.8 Å². The molecular weight excluding hydrogens is 162 g/mol. The molecule has 68 valence electrons. The third-order valence-corrected chi connectivity index (χ3v) is 1.68. The summed E-state index contributed by atoms with van der Waals surface area (Å²) in [5, 5.41) is 11.7. The van der Waals surface area contributed by atoms with Crippen molar-refractivity contribution in [1.29, 1.82) is 5.26 Å². The normalized spacial score (nSPS) is 9.23. The maximum atomic E-state index is 8.50. The molecule has 3 nitrogen and oxygen atoms in total. The third kappa shape index (κ3) is 3.14. The van der Waals surface area contributed by atoms with Crippen molar-refractivity contribution in [3.05, 3.63) is 29.8 Å². The Morgan fingerprint density at radius 3 is 3.00 bits per heavy atom. The van der Waals surface area contributed by atoms with Gasteiger partial charge in [-0.25, -0.2) is 0 Å². The number of hydrogen-bond donors (Lipinski definition) is 2. The van der Waals surface area contributed by atoms with Crippen molar-refractivity contribution in [1.82, 2.24) is 0 Å². The summed E-state index contributed by atoms with van der Waals surface area (Å²) < 4.78 is 0. The van der Waals surface area contributed by atoms with Gasteiger partial charge >= 0.3 is 0 Å². The van der Waals surface area contributed by atoms with Gasteiger partial charge in [0.2, 0.25) is 0 Å². The molecule has 0 atom stereocenters. The summed E-state index contributed by atoms with van der Waals surface area (Å²) in [5.74, 6) is 0. The van der Waals surface area contributed by atoms with Crippen LogP contribution in [0.4, 0.5) is 5.69 Å². The Labute approximate surface area is 78.2 Å². The molecule has 0 aliphatic carbocycles. The van der Waals surface area contributed by atoms with Gasteiger partial charge in [0.1, 0.15) is 0 Å². The first-order chi connectivity index (χ1) is 6.36. The first kappa shape index (κ1) is 9.56. The fourth-order valence-corrected chi connectivity index (χ4v) is 1.10. The van der Waals surface area contributed by atoms with Gasteiger partial charge in [-0.05, 0) is 17.7 Å². The Morgan fingerprint density at radius 2 is 2.31 bits per heavy atom. The van der Waals surface area contributed by atoms with Gasteiger partial charge in [0, 0.05) is 18.8 Å². The van der Waals surface area contributed by atoms with Crippen LogP contribution in [0.15, 0.2) is 24.3 Å². The standard InChI is InChI=1S/C10H13N3/c11-5-4-9-2-1-3-10(8-9)13-7-6-12/h1-3,8,13H,4,6-7,12H2. The van der Waals surface area contributed by atoms with Gasteiger partial charge in [0.15, 0.2) is 0 Å². The van der Waals surface area contributed by atoms with Crippen molar-refractivity contribution in [2.45, 2.75) is 6.42 Å². The number of rotatable bonds is 4. The van der Waals surface area contributed by atoms with Gasteiger partial charge in [-0.15, -0.1) is 0 Å². The molecule has 0 radical (unpaired) electrons. The zero-order valence-electron chi connectivity index (χ0n) is 7.46. The monoisotopic (exact) mass is 175 g/mol. The minimum absolute atomic E-state index is 0.456. The second kappa shape index (κ2) is 5.18. The summed E-state index contributed by atoms with van der Waals surface area (Å²) in [6, 6.07) is 9.93. The van der Waals surface area contributed by atoms with Crippen LogP contribution in [0.25, 0.3) is 0 Å². The van der Waals surface area contributed by atoms with Crippen molar-refractivity contribution in [3.8, 4) is 6.07 Å². The van der Waals surface area contributed by atoms with E-state index >= 15 is 0 Å². The molecule has 0 saturated heterocycles. The quantitative estimate of drug-likeness (QED) is 0.721. The van der Waals surface area contributed by atoms with E-state index in [4.69, 9.17) is 11.0 Å². The highest BCUT2D eigenvalue weighted by atomic mass is 14.9. The minimum Gasteiger partial charge on any atom is -0.384 e. The Hall–Kier alpha value is -1.53. The second-order valence-corrected chi connectivity index (χ2v) is 2.75. The summed E-state index contributed by atoms with van der Waals surface area (Å²) in [7, 11) is 0. The van der Waals surface area contributed by atoms with Crippen LogP contribution in [0.5, 0.6) is 0 Å². The highest BCUT2D eigenvalue weighted by Crippen LogP contribution is 2.10. The van der Waals surface area contributed by atoms with Gasteiger partial charge < -0.3 is 11.1 Å². The predicted octanol–water partition coefficient (Wildman–Crippen LogP) is 1.12. The lowest BCUT2D eigenvalue weighted by molar-refractivity contribution is 1.02. The number of nitrogens with one attached hydrogen (secondary N) is 1. The molecule has 0 saturated carbocycles. The van der Waals surface area contributed by atoms with E-state index < -0.39 is 0 Å². The van der Waals surface area contributed by atoms with E-state index in [1.54, 1.807) is 0 Å². The SMILES string of the molecule is N#CCc1cccc(NCCN)c1. The van der Waals surface area contributed by atoms with Gasteiger partial charge in [-0.3, -0.25) is 0 Å². The first-order valence-electron chi connectivity index (χ1n) is 4.26. The summed E-state index contributed by atoms with van der Waals surface area (Å²) >= 11 is 0. The van der Waals surface area contributed by atoms with Crippen molar-refractivity contribution < 1.29 is 0 Å². The molecule has 1 aromatic carbocycles. The van der Waals surface area contributed by atoms with Crippen molar-refractivity contribution in [2.75, 3.05) is 18.4 Å². The van der Waals surface area contributed by atoms with E-state index in [1.807, 2.05) is 24.3 Å². The number of benzene rings is 1. The summed E-state index contributed by atoms with van der Waals surface area (Å²) in [6.45, 7) is 1.37. The third-order valence-electron chi connectivity index (χ3n) is 1.68. The molecule has 0 unspecified atom stereocenters. The molecule has 0 aliphatic rings. The van der Waals surface area contributed by atoms with Crippen LogP contribution in [0.1, 0.15) is 5.56 Å². The lowest BCUT2D eigenvalue weighted by atomic mass is 10.1. The van der Waals surface area contributed by atoms with Crippen LogP contribution in [0, 0.1) is 11.3 Å². The number of nitrogens with two attached hydrogens (primary N) is 1. The van der Waals surface area contributed by atoms with Crippen LogP contribution in [-0.4, -0.2) is 13.1 Å². The van der Waals surface area contributed by atoms with Gasteiger partial charge in [-0.1, -0.05) is 12.1 Å². The number of hydrogen-bond acceptors (Lipinski definition) is 3. The smallest absolute Gasteiger partial charge is 0.0669 e. The lowest BCUT2D eigenvalue weighted by Crippen LogP contribution is -2.13. The predicted molar refractivity (Wildman–Crippen MR) is 53.3 cm³/mol. The molecule has 0 bridgehead atoms. The molecule has 0 amide bonds. The molecule has 0 aromatic heterocycles. The second-order valence-electron chi connectivity index (χ2n) is 2.75. The van der Waals surface area contributed by atoms with Crippen LogP contribution in [0.2, 0.25) is 0 Å². The van der Waals surface area contributed by atoms with E-state index in [2.05, 4.69) is 11.4 Å². The highest BCUT2D eigenvalue weighted by Gasteiger charge is 1.93. The molecule has 3 heteroatoms. The van der Waals surface area contributed by atoms with E-state index in [1.165, 1.54) is 0 Å². The van der Waals surface area contributed by atoms with Crippen LogP contribution in [-0.2, 0) is 6.42 Å². The summed E-state index contributed by atoms with van der Waals surface area (Å²) in [5.41, 5.74) is 7.42. The van der Waals surface area contributed by atoms with Gasteiger partial charge in [0.25, 0.3) is 0 Å². The first-order valence-corrected chi connectivity index (χ1v) is 4.26. The average molecular weight is 175 g/mol. The van der Waals surface area contributed by atoms with Crippen LogP contribution in [0.3, 0.4) is 0 Å². The molecule has 1 rings (SSSR count). The lowest BCUT2D eigenvalue weighted by Gasteiger charge is -2.04. The fraction of sp³-hybridized carbons (Fsp3) is 0.300. The Morgan fingerprint density at radius 1 is 1.46 bits per heavy atom. The van der Waals surface area contributed by atoms with E-state index in [0.717, 1.165) is 17.8 Å². The summed E-state index contributed by atoms with van der Waals surface area (Å²) in [4.78, 5) is 0. The van der Waals surface area contributed by atoms with E-state index in [-0.39, 0.29) is 0 Å². The van der Waals surface area contributed by atoms with Crippen LogP contribution >= 0.6 is 0 Å². The average Bonchev–Trinajstić information content (AvgIpc) is 2.16. The molecule has 0 spiro atoms. The molecule has 0 heterocycles. The van der Waals surface area contributed by atoms with Gasteiger partial charge in [-0.2, -0.15) is 5.26 Å². The maximum absolute atomic E-state index is 8.50.